The van der Waals surface area contributed by atoms with Crippen molar-refractivity contribution < 1.29 is 8.91 Å². The number of rotatable bonds is 4. The molecule has 7 heteroatoms. The molecule has 0 unspecified atom stereocenters. The van der Waals surface area contributed by atoms with Gasteiger partial charge >= 0.3 is 0 Å². The second kappa shape index (κ2) is 5.12. The maximum Gasteiger partial charge on any atom is 0.248 e. The van der Waals surface area contributed by atoms with Gasteiger partial charge in [0.15, 0.2) is 5.82 Å². The second-order valence-electron chi connectivity index (χ2n) is 4.38. The van der Waals surface area contributed by atoms with Crippen LogP contribution < -0.4 is 5.73 Å². The summed E-state index contributed by atoms with van der Waals surface area (Å²) in [6.07, 6.45) is 3.73. The Morgan fingerprint density at radius 1 is 1.25 bits per heavy atom. The van der Waals surface area contributed by atoms with E-state index in [0.29, 0.717) is 30.4 Å². The highest BCUT2D eigenvalue weighted by Gasteiger charge is 2.08. The van der Waals surface area contributed by atoms with Gasteiger partial charge in [-0.05, 0) is 17.7 Å². The SMILES string of the molecule is Nc1cnn(Cc2nc(Cc3ccc(F)cc3)no2)c1. The highest BCUT2D eigenvalue weighted by molar-refractivity contribution is 5.30. The average molecular weight is 273 g/mol. The zero-order valence-corrected chi connectivity index (χ0v) is 10.5. The number of halogens is 1. The predicted octanol–water partition coefficient (Wildman–Crippen LogP) is 1.63. The second-order valence-corrected chi connectivity index (χ2v) is 4.38. The lowest BCUT2D eigenvalue weighted by Crippen LogP contribution is -2.00. The first-order valence-electron chi connectivity index (χ1n) is 6.03. The molecular formula is C13H12FN5O. The van der Waals surface area contributed by atoms with Crippen molar-refractivity contribution in [1.29, 1.82) is 0 Å². The molecule has 0 fully saturated rings. The number of hydrogen-bond acceptors (Lipinski definition) is 5. The molecule has 0 saturated heterocycles. The fourth-order valence-corrected chi connectivity index (χ4v) is 1.82. The third-order valence-electron chi connectivity index (χ3n) is 2.74. The van der Waals surface area contributed by atoms with Gasteiger partial charge in [0.2, 0.25) is 5.89 Å². The van der Waals surface area contributed by atoms with Crippen molar-refractivity contribution in [1.82, 2.24) is 19.9 Å². The van der Waals surface area contributed by atoms with E-state index in [1.807, 2.05) is 0 Å². The van der Waals surface area contributed by atoms with Crippen LogP contribution in [0.1, 0.15) is 17.3 Å². The molecule has 3 aromatic rings. The molecule has 2 heterocycles. The number of nitrogens with two attached hydrogens (primary N) is 1. The van der Waals surface area contributed by atoms with Crippen molar-refractivity contribution in [3.8, 4) is 0 Å². The normalized spacial score (nSPS) is 10.8. The van der Waals surface area contributed by atoms with Gasteiger partial charge in [0.25, 0.3) is 0 Å². The van der Waals surface area contributed by atoms with Crippen LogP contribution in [-0.4, -0.2) is 19.9 Å². The molecule has 0 aliphatic rings. The summed E-state index contributed by atoms with van der Waals surface area (Å²) in [4.78, 5) is 4.26. The van der Waals surface area contributed by atoms with E-state index in [9.17, 15) is 4.39 Å². The van der Waals surface area contributed by atoms with Crippen LogP contribution in [0.5, 0.6) is 0 Å². The standard InChI is InChI=1S/C13H12FN5O/c14-10-3-1-9(2-4-10)5-12-17-13(20-18-12)8-19-7-11(15)6-16-19/h1-4,6-7H,5,8,15H2. The maximum absolute atomic E-state index is 12.8. The Hall–Kier alpha value is -2.70. The number of hydrogen-bond donors (Lipinski definition) is 1. The molecule has 0 radical (unpaired) electrons. The van der Waals surface area contributed by atoms with Crippen molar-refractivity contribution >= 4 is 5.69 Å². The van der Waals surface area contributed by atoms with E-state index in [1.165, 1.54) is 12.1 Å². The van der Waals surface area contributed by atoms with Gasteiger partial charge in [-0.15, -0.1) is 0 Å². The number of benzene rings is 1. The Morgan fingerprint density at radius 3 is 2.75 bits per heavy atom. The van der Waals surface area contributed by atoms with E-state index in [0.717, 1.165) is 5.56 Å². The lowest BCUT2D eigenvalue weighted by Gasteiger charge is -1.96. The summed E-state index contributed by atoms with van der Waals surface area (Å²) >= 11 is 0. The molecule has 3 rings (SSSR count). The minimum absolute atomic E-state index is 0.265. The summed E-state index contributed by atoms with van der Waals surface area (Å²) in [7, 11) is 0. The monoisotopic (exact) mass is 273 g/mol. The Labute approximate surface area is 114 Å². The van der Waals surface area contributed by atoms with E-state index in [-0.39, 0.29) is 5.82 Å². The van der Waals surface area contributed by atoms with Crippen LogP contribution in [0.3, 0.4) is 0 Å². The van der Waals surface area contributed by atoms with Gasteiger partial charge in [-0.2, -0.15) is 10.1 Å². The molecule has 0 saturated carbocycles. The largest absolute Gasteiger partial charge is 0.396 e. The Balaban J connectivity index is 1.68. The van der Waals surface area contributed by atoms with Crippen LogP contribution in [0.25, 0.3) is 0 Å². The molecular weight excluding hydrogens is 261 g/mol. The molecule has 20 heavy (non-hydrogen) atoms. The van der Waals surface area contributed by atoms with Crippen LogP contribution in [-0.2, 0) is 13.0 Å². The van der Waals surface area contributed by atoms with Gasteiger partial charge in [-0.3, -0.25) is 4.68 Å². The van der Waals surface area contributed by atoms with E-state index in [2.05, 4.69) is 15.2 Å². The molecule has 102 valence electrons. The summed E-state index contributed by atoms with van der Waals surface area (Å²) in [5.41, 5.74) is 7.07. The molecule has 0 atom stereocenters. The third-order valence-corrected chi connectivity index (χ3v) is 2.74. The quantitative estimate of drug-likeness (QED) is 0.781. The molecule has 1 aromatic carbocycles. The van der Waals surface area contributed by atoms with Crippen LogP contribution in [0.2, 0.25) is 0 Å². The summed E-state index contributed by atoms with van der Waals surface area (Å²) < 4.78 is 19.6. The van der Waals surface area contributed by atoms with Crippen LogP contribution in [0.15, 0.2) is 41.2 Å². The van der Waals surface area contributed by atoms with Crippen LogP contribution in [0.4, 0.5) is 10.1 Å². The van der Waals surface area contributed by atoms with Crippen molar-refractivity contribution in [2.45, 2.75) is 13.0 Å². The fraction of sp³-hybridized carbons (Fsp3) is 0.154. The van der Waals surface area contributed by atoms with Gasteiger partial charge in [0.1, 0.15) is 12.4 Å². The van der Waals surface area contributed by atoms with Crippen molar-refractivity contribution in [3.05, 3.63) is 59.8 Å². The van der Waals surface area contributed by atoms with Crippen LogP contribution in [0, 0.1) is 5.82 Å². The smallest absolute Gasteiger partial charge is 0.248 e. The molecule has 0 bridgehead atoms. The molecule has 0 spiro atoms. The molecule has 6 nitrogen and oxygen atoms in total. The number of nitrogen functional groups attached to an aromatic ring is 1. The summed E-state index contributed by atoms with van der Waals surface area (Å²) in [5.74, 6) is 0.732. The lowest BCUT2D eigenvalue weighted by atomic mass is 10.1. The van der Waals surface area contributed by atoms with E-state index in [1.54, 1.807) is 29.2 Å². The van der Waals surface area contributed by atoms with E-state index >= 15 is 0 Å². The Kier molecular flexibility index (Phi) is 3.16. The van der Waals surface area contributed by atoms with Crippen molar-refractivity contribution in [2.24, 2.45) is 0 Å². The topological polar surface area (TPSA) is 82.8 Å². The summed E-state index contributed by atoms with van der Waals surface area (Å²) in [6, 6.07) is 6.20. The lowest BCUT2D eigenvalue weighted by molar-refractivity contribution is 0.362. The molecule has 0 amide bonds. The first-order valence-corrected chi connectivity index (χ1v) is 6.03. The minimum Gasteiger partial charge on any atom is -0.396 e. The number of nitrogens with zero attached hydrogens (tertiary/aromatic N) is 4. The number of anilines is 1. The van der Waals surface area contributed by atoms with Crippen molar-refractivity contribution in [2.75, 3.05) is 5.73 Å². The van der Waals surface area contributed by atoms with Crippen molar-refractivity contribution in [3.63, 3.8) is 0 Å². The summed E-state index contributed by atoms with van der Waals surface area (Å²) in [5, 5.41) is 7.92. The zero-order chi connectivity index (χ0) is 13.9. The predicted molar refractivity (Wildman–Crippen MR) is 69.2 cm³/mol. The highest BCUT2D eigenvalue weighted by Crippen LogP contribution is 2.09. The third kappa shape index (κ3) is 2.82. The molecule has 2 aromatic heterocycles. The first kappa shape index (κ1) is 12.3. The maximum atomic E-state index is 12.8. The van der Waals surface area contributed by atoms with Gasteiger partial charge in [-0.1, -0.05) is 17.3 Å². The van der Waals surface area contributed by atoms with Gasteiger partial charge in [-0.25, -0.2) is 4.39 Å². The fourth-order valence-electron chi connectivity index (χ4n) is 1.82. The number of aromatic nitrogens is 4. The van der Waals surface area contributed by atoms with E-state index < -0.39 is 0 Å². The summed E-state index contributed by atoms with van der Waals surface area (Å²) in [6.45, 7) is 0.369. The first-order chi connectivity index (χ1) is 9.69. The molecule has 0 aliphatic carbocycles. The Morgan fingerprint density at radius 2 is 2.05 bits per heavy atom. The molecule has 0 aliphatic heterocycles. The van der Waals surface area contributed by atoms with Gasteiger partial charge < -0.3 is 10.3 Å². The van der Waals surface area contributed by atoms with E-state index in [4.69, 9.17) is 10.3 Å². The molecule has 2 N–H and O–H groups in total. The van der Waals surface area contributed by atoms with Crippen LogP contribution >= 0.6 is 0 Å². The highest BCUT2D eigenvalue weighted by atomic mass is 19.1. The van der Waals surface area contributed by atoms with Gasteiger partial charge in [0.05, 0.1) is 11.9 Å². The minimum atomic E-state index is -0.265. The Bertz CT molecular complexity index is 704. The average Bonchev–Trinajstić information content (AvgIpc) is 3.02. The zero-order valence-electron chi connectivity index (χ0n) is 10.5. The van der Waals surface area contributed by atoms with Gasteiger partial charge in [0, 0.05) is 12.6 Å².